The zero-order valence-electron chi connectivity index (χ0n) is 12.4. The molecule has 0 fully saturated rings. The third kappa shape index (κ3) is 6.86. The molecule has 114 valence electrons. The Balaban J connectivity index is 2.42. The van der Waals surface area contributed by atoms with Crippen LogP contribution in [0.15, 0.2) is 18.2 Å². The van der Waals surface area contributed by atoms with Gasteiger partial charge in [0.25, 0.3) is 0 Å². The van der Waals surface area contributed by atoms with Gasteiger partial charge in [0.1, 0.15) is 12.4 Å². The van der Waals surface area contributed by atoms with Crippen LogP contribution >= 0.6 is 0 Å². The monoisotopic (exact) mass is 283 g/mol. The van der Waals surface area contributed by atoms with Crippen LogP contribution < -0.4 is 10.1 Å². The smallest absolute Gasteiger partial charge is 0.123 e. The van der Waals surface area contributed by atoms with Crippen LogP contribution in [0.1, 0.15) is 11.1 Å². The normalized spacial score (nSPS) is 10.8. The molecule has 0 amide bonds. The van der Waals surface area contributed by atoms with Crippen LogP contribution in [-0.2, 0) is 16.0 Å². The third-order valence-electron chi connectivity index (χ3n) is 2.74. The van der Waals surface area contributed by atoms with Crippen LogP contribution in [0, 0.1) is 6.92 Å². The summed E-state index contributed by atoms with van der Waals surface area (Å²) in [5.41, 5.74) is 2.33. The molecule has 1 aromatic carbocycles. The van der Waals surface area contributed by atoms with Gasteiger partial charge in [-0.2, -0.15) is 0 Å². The minimum atomic E-state index is 0.0409. The van der Waals surface area contributed by atoms with Gasteiger partial charge in [0.05, 0.1) is 26.4 Å². The molecule has 2 N–H and O–H groups in total. The van der Waals surface area contributed by atoms with Crippen LogP contribution in [-0.4, -0.2) is 51.8 Å². The molecule has 0 aliphatic heterocycles. The van der Waals surface area contributed by atoms with Crippen molar-refractivity contribution in [2.45, 2.75) is 13.5 Å². The van der Waals surface area contributed by atoms with Gasteiger partial charge in [-0.1, -0.05) is 17.7 Å². The number of rotatable bonds is 11. The van der Waals surface area contributed by atoms with E-state index in [2.05, 4.69) is 18.3 Å². The van der Waals surface area contributed by atoms with E-state index < -0.39 is 0 Å². The maximum atomic E-state index is 8.61. The SMILES string of the molecule is COCCNCc1cc(C)ccc1OCCOCCO. The Bertz CT molecular complexity index is 371. The molecule has 1 aromatic rings. The lowest BCUT2D eigenvalue weighted by Gasteiger charge is -2.13. The molecule has 0 aliphatic rings. The number of aryl methyl sites for hydroxylation is 1. The van der Waals surface area contributed by atoms with Gasteiger partial charge in [0.2, 0.25) is 0 Å². The first-order valence-electron chi connectivity index (χ1n) is 6.88. The number of hydrogen-bond acceptors (Lipinski definition) is 5. The van der Waals surface area contributed by atoms with Crippen molar-refractivity contribution in [2.75, 3.05) is 46.7 Å². The van der Waals surface area contributed by atoms with Crippen LogP contribution in [0.4, 0.5) is 0 Å². The quantitative estimate of drug-likeness (QED) is 0.596. The summed E-state index contributed by atoms with van der Waals surface area (Å²) in [5.74, 6) is 0.869. The van der Waals surface area contributed by atoms with Gasteiger partial charge in [-0.05, 0) is 13.0 Å². The Morgan fingerprint density at radius 3 is 2.75 bits per heavy atom. The van der Waals surface area contributed by atoms with Crippen molar-refractivity contribution >= 4 is 0 Å². The van der Waals surface area contributed by atoms with Gasteiger partial charge in [0, 0.05) is 25.8 Å². The van der Waals surface area contributed by atoms with Crippen LogP contribution in [0.5, 0.6) is 5.75 Å². The van der Waals surface area contributed by atoms with Gasteiger partial charge in [-0.3, -0.25) is 0 Å². The number of nitrogens with one attached hydrogen (secondary N) is 1. The lowest BCUT2D eigenvalue weighted by Crippen LogP contribution is -2.19. The average Bonchev–Trinajstić information content (AvgIpc) is 2.45. The number of aliphatic hydroxyl groups is 1. The van der Waals surface area contributed by atoms with Gasteiger partial charge >= 0.3 is 0 Å². The van der Waals surface area contributed by atoms with Crippen molar-refractivity contribution in [3.05, 3.63) is 29.3 Å². The first-order valence-corrected chi connectivity index (χ1v) is 6.88. The molecule has 0 saturated carbocycles. The highest BCUT2D eigenvalue weighted by molar-refractivity contribution is 5.36. The topological polar surface area (TPSA) is 60.0 Å². The number of benzene rings is 1. The molecule has 0 saturated heterocycles. The number of methoxy groups -OCH3 is 1. The lowest BCUT2D eigenvalue weighted by molar-refractivity contribution is 0.0703. The van der Waals surface area contributed by atoms with Crippen molar-refractivity contribution < 1.29 is 19.3 Å². The zero-order valence-corrected chi connectivity index (χ0v) is 12.4. The predicted octanol–water partition coefficient (Wildman–Crippen LogP) is 1.12. The predicted molar refractivity (Wildman–Crippen MR) is 78.2 cm³/mol. The van der Waals surface area contributed by atoms with Gasteiger partial charge < -0.3 is 24.6 Å². The number of aliphatic hydroxyl groups excluding tert-OH is 1. The van der Waals surface area contributed by atoms with Crippen LogP contribution in [0.2, 0.25) is 0 Å². The summed E-state index contributed by atoms with van der Waals surface area (Å²) in [4.78, 5) is 0. The Kier molecular flexibility index (Phi) is 8.98. The highest BCUT2D eigenvalue weighted by Crippen LogP contribution is 2.19. The maximum Gasteiger partial charge on any atom is 0.123 e. The zero-order chi connectivity index (χ0) is 14.6. The summed E-state index contributed by atoms with van der Waals surface area (Å²) in [5, 5.41) is 11.9. The summed E-state index contributed by atoms with van der Waals surface area (Å²) in [6, 6.07) is 6.13. The van der Waals surface area contributed by atoms with Gasteiger partial charge in [-0.25, -0.2) is 0 Å². The molecule has 20 heavy (non-hydrogen) atoms. The van der Waals surface area contributed by atoms with Crippen molar-refractivity contribution in [1.82, 2.24) is 5.32 Å². The minimum absolute atomic E-state index is 0.0409. The van der Waals surface area contributed by atoms with E-state index in [0.717, 1.165) is 24.4 Å². The summed E-state index contributed by atoms with van der Waals surface area (Å²) in [6.07, 6.45) is 0. The minimum Gasteiger partial charge on any atom is -0.491 e. The number of hydrogen-bond donors (Lipinski definition) is 2. The maximum absolute atomic E-state index is 8.61. The average molecular weight is 283 g/mol. The molecule has 5 heteroatoms. The molecule has 0 spiro atoms. The second-order valence-electron chi connectivity index (χ2n) is 4.47. The summed E-state index contributed by atoms with van der Waals surface area (Å²) in [6.45, 7) is 5.66. The summed E-state index contributed by atoms with van der Waals surface area (Å²) < 4.78 is 15.9. The second kappa shape index (κ2) is 10.6. The first kappa shape index (κ1) is 16.9. The Morgan fingerprint density at radius 1 is 1.15 bits per heavy atom. The third-order valence-corrected chi connectivity index (χ3v) is 2.74. The van der Waals surface area contributed by atoms with Crippen molar-refractivity contribution in [3.63, 3.8) is 0 Å². The first-order chi connectivity index (χ1) is 9.77. The largest absolute Gasteiger partial charge is 0.491 e. The van der Waals surface area contributed by atoms with Crippen molar-refractivity contribution in [2.24, 2.45) is 0 Å². The highest BCUT2D eigenvalue weighted by Gasteiger charge is 2.04. The molecule has 0 atom stereocenters. The van der Waals surface area contributed by atoms with E-state index in [9.17, 15) is 0 Å². The molecule has 5 nitrogen and oxygen atoms in total. The van der Waals surface area contributed by atoms with Crippen LogP contribution in [0.3, 0.4) is 0 Å². The van der Waals surface area contributed by atoms with E-state index in [1.807, 2.05) is 12.1 Å². The van der Waals surface area contributed by atoms with E-state index in [0.29, 0.717) is 26.4 Å². The Labute approximate surface area is 120 Å². The van der Waals surface area contributed by atoms with Crippen molar-refractivity contribution in [1.29, 1.82) is 0 Å². The van der Waals surface area contributed by atoms with Crippen molar-refractivity contribution in [3.8, 4) is 5.75 Å². The fourth-order valence-electron chi connectivity index (χ4n) is 1.76. The molecular weight excluding hydrogens is 258 g/mol. The molecule has 0 bridgehead atoms. The van der Waals surface area contributed by atoms with E-state index in [4.69, 9.17) is 19.3 Å². The van der Waals surface area contributed by atoms with E-state index in [-0.39, 0.29) is 6.61 Å². The highest BCUT2D eigenvalue weighted by atomic mass is 16.5. The van der Waals surface area contributed by atoms with Gasteiger partial charge in [0.15, 0.2) is 0 Å². The fraction of sp³-hybridized carbons (Fsp3) is 0.600. The molecule has 0 heterocycles. The lowest BCUT2D eigenvalue weighted by atomic mass is 10.1. The molecule has 0 aromatic heterocycles. The molecule has 0 radical (unpaired) electrons. The van der Waals surface area contributed by atoms with E-state index in [1.165, 1.54) is 5.56 Å². The van der Waals surface area contributed by atoms with Crippen LogP contribution in [0.25, 0.3) is 0 Å². The standard InChI is InChI=1S/C15H25NO4/c1-13-3-4-15(20-10-9-19-8-6-17)14(11-13)12-16-5-7-18-2/h3-4,11,16-17H,5-10,12H2,1-2H3. The molecular formula is C15H25NO4. The second-order valence-corrected chi connectivity index (χ2v) is 4.47. The summed E-state index contributed by atoms with van der Waals surface area (Å²) >= 11 is 0. The molecule has 0 unspecified atom stereocenters. The Morgan fingerprint density at radius 2 is 2.00 bits per heavy atom. The van der Waals surface area contributed by atoms with E-state index >= 15 is 0 Å². The van der Waals surface area contributed by atoms with Gasteiger partial charge in [-0.15, -0.1) is 0 Å². The van der Waals surface area contributed by atoms with E-state index in [1.54, 1.807) is 7.11 Å². The number of ether oxygens (including phenoxy) is 3. The Hall–Kier alpha value is -1.14. The molecule has 1 rings (SSSR count). The summed E-state index contributed by atoms with van der Waals surface area (Å²) in [7, 11) is 1.69. The molecule has 0 aliphatic carbocycles. The fourth-order valence-corrected chi connectivity index (χ4v) is 1.76.